The van der Waals surface area contributed by atoms with Gasteiger partial charge in [-0.15, -0.1) is 0 Å². The summed E-state index contributed by atoms with van der Waals surface area (Å²) in [6.45, 7) is 3.42. The van der Waals surface area contributed by atoms with Gasteiger partial charge in [0, 0.05) is 37.3 Å². The Labute approximate surface area is 159 Å². The number of halogens is 1. The molecular weight excluding hydrogens is 350 g/mol. The van der Waals surface area contributed by atoms with Crippen molar-refractivity contribution in [1.29, 1.82) is 0 Å². The third-order valence-corrected chi connectivity index (χ3v) is 4.25. The summed E-state index contributed by atoms with van der Waals surface area (Å²) in [7, 11) is 1.72. The van der Waals surface area contributed by atoms with Crippen LogP contribution in [0.3, 0.4) is 0 Å². The van der Waals surface area contributed by atoms with Gasteiger partial charge in [0.1, 0.15) is 0 Å². The number of benzene rings is 2. The smallest absolute Gasteiger partial charge is 0.317 e. The quantitative estimate of drug-likeness (QED) is 0.775. The largest absolute Gasteiger partial charge is 0.352 e. The topological polar surface area (TPSA) is 61.4 Å². The Hall–Kier alpha value is -2.53. The zero-order valence-electron chi connectivity index (χ0n) is 15.1. The second kappa shape index (κ2) is 9.82. The molecule has 0 aliphatic rings. The lowest BCUT2D eigenvalue weighted by molar-refractivity contribution is 0.0953. The fourth-order valence-corrected chi connectivity index (χ4v) is 2.63. The molecule has 2 aromatic carbocycles. The molecule has 0 unspecified atom stereocenters. The summed E-state index contributed by atoms with van der Waals surface area (Å²) in [6, 6.07) is 14.5. The Balaban J connectivity index is 1.90. The third-order valence-electron chi connectivity index (χ3n) is 3.88. The maximum Gasteiger partial charge on any atom is 0.317 e. The van der Waals surface area contributed by atoms with Gasteiger partial charge in [0.2, 0.25) is 0 Å². The number of hydrogen-bond donors (Lipinski definition) is 2. The number of urea groups is 1. The number of hydrogen-bond acceptors (Lipinski definition) is 2. The van der Waals surface area contributed by atoms with Crippen molar-refractivity contribution in [1.82, 2.24) is 15.5 Å². The van der Waals surface area contributed by atoms with Gasteiger partial charge in [-0.3, -0.25) is 4.79 Å². The van der Waals surface area contributed by atoms with E-state index in [0.29, 0.717) is 30.2 Å². The van der Waals surface area contributed by atoms with Crippen LogP contribution in [0.25, 0.3) is 0 Å². The predicted molar refractivity (Wildman–Crippen MR) is 104 cm³/mol. The third kappa shape index (κ3) is 5.77. The van der Waals surface area contributed by atoms with Crippen LogP contribution in [0, 0.1) is 0 Å². The van der Waals surface area contributed by atoms with Gasteiger partial charge >= 0.3 is 6.03 Å². The van der Waals surface area contributed by atoms with Crippen molar-refractivity contribution in [3.63, 3.8) is 0 Å². The Kier molecular flexibility index (Phi) is 7.48. The van der Waals surface area contributed by atoms with Gasteiger partial charge in [-0.2, -0.15) is 0 Å². The molecule has 0 heterocycles. The zero-order valence-corrected chi connectivity index (χ0v) is 15.8. The van der Waals surface area contributed by atoms with Crippen molar-refractivity contribution in [3.05, 3.63) is 70.2 Å². The van der Waals surface area contributed by atoms with Gasteiger partial charge in [-0.1, -0.05) is 48.9 Å². The van der Waals surface area contributed by atoms with Crippen LogP contribution in [0.4, 0.5) is 4.79 Å². The summed E-state index contributed by atoms with van der Waals surface area (Å²) in [4.78, 5) is 25.9. The molecule has 2 aromatic rings. The van der Waals surface area contributed by atoms with Crippen molar-refractivity contribution in [3.8, 4) is 0 Å². The summed E-state index contributed by atoms with van der Waals surface area (Å²) >= 11 is 6.13. The number of nitrogens with zero attached hydrogens (tertiary/aromatic N) is 1. The van der Waals surface area contributed by atoms with Crippen LogP contribution < -0.4 is 10.6 Å². The van der Waals surface area contributed by atoms with Gasteiger partial charge in [-0.25, -0.2) is 4.79 Å². The van der Waals surface area contributed by atoms with Crippen molar-refractivity contribution in [2.45, 2.75) is 26.4 Å². The van der Waals surface area contributed by atoms with Crippen LogP contribution in [0.1, 0.15) is 34.8 Å². The molecule has 0 saturated carbocycles. The van der Waals surface area contributed by atoms with Crippen LogP contribution in [-0.2, 0) is 13.1 Å². The monoisotopic (exact) mass is 373 g/mol. The Bertz CT molecular complexity index is 764. The van der Waals surface area contributed by atoms with E-state index in [4.69, 9.17) is 11.6 Å². The standard InChI is InChI=1S/C20H24ClN3O2/c1-3-11-22-19(25)16-9-6-7-15(12-16)13-23-20(26)24(2)14-17-8-4-5-10-18(17)21/h4-10,12H,3,11,13-14H2,1-2H3,(H,22,25)(H,23,26). The molecule has 6 heteroatoms. The van der Waals surface area contributed by atoms with E-state index in [1.54, 1.807) is 30.1 Å². The highest BCUT2D eigenvalue weighted by Gasteiger charge is 2.11. The van der Waals surface area contributed by atoms with E-state index < -0.39 is 0 Å². The first-order valence-corrected chi connectivity index (χ1v) is 8.98. The van der Waals surface area contributed by atoms with Crippen molar-refractivity contribution >= 4 is 23.5 Å². The number of carbonyl (C=O) groups excluding carboxylic acids is 2. The molecule has 3 amide bonds. The molecule has 0 saturated heterocycles. The summed E-state index contributed by atoms with van der Waals surface area (Å²) in [5.74, 6) is -0.101. The van der Waals surface area contributed by atoms with Crippen LogP contribution in [-0.4, -0.2) is 30.4 Å². The van der Waals surface area contributed by atoms with Crippen LogP contribution in [0.2, 0.25) is 5.02 Å². The molecule has 2 rings (SSSR count). The molecule has 0 aromatic heterocycles. The normalized spacial score (nSPS) is 10.3. The van der Waals surface area contributed by atoms with E-state index in [1.807, 2.05) is 37.3 Å². The van der Waals surface area contributed by atoms with Gasteiger partial charge in [-0.05, 0) is 35.7 Å². The first-order chi connectivity index (χ1) is 12.5. The highest BCUT2D eigenvalue weighted by molar-refractivity contribution is 6.31. The lowest BCUT2D eigenvalue weighted by atomic mass is 10.1. The summed E-state index contributed by atoms with van der Waals surface area (Å²) in [5.41, 5.74) is 2.35. The molecule has 0 atom stereocenters. The van der Waals surface area contributed by atoms with Gasteiger partial charge in [0.25, 0.3) is 5.91 Å². The molecule has 0 spiro atoms. The van der Waals surface area contributed by atoms with Crippen LogP contribution in [0.15, 0.2) is 48.5 Å². The minimum atomic E-state index is -0.203. The van der Waals surface area contributed by atoms with E-state index in [0.717, 1.165) is 17.5 Å². The average molecular weight is 374 g/mol. The van der Waals surface area contributed by atoms with E-state index >= 15 is 0 Å². The van der Waals surface area contributed by atoms with Crippen molar-refractivity contribution in [2.24, 2.45) is 0 Å². The molecule has 138 valence electrons. The molecule has 0 radical (unpaired) electrons. The van der Waals surface area contributed by atoms with E-state index in [-0.39, 0.29) is 11.9 Å². The first-order valence-electron chi connectivity index (χ1n) is 8.60. The second-order valence-electron chi connectivity index (χ2n) is 6.06. The molecule has 26 heavy (non-hydrogen) atoms. The highest BCUT2D eigenvalue weighted by atomic mass is 35.5. The Morgan fingerprint density at radius 1 is 1.08 bits per heavy atom. The second-order valence-corrected chi connectivity index (χ2v) is 6.47. The van der Waals surface area contributed by atoms with Gasteiger partial charge in [0.05, 0.1) is 0 Å². The molecular formula is C20H24ClN3O2. The van der Waals surface area contributed by atoms with Gasteiger partial charge in [0.15, 0.2) is 0 Å². The summed E-state index contributed by atoms with van der Waals surface area (Å²) < 4.78 is 0. The Morgan fingerprint density at radius 3 is 2.58 bits per heavy atom. The lowest BCUT2D eigenvalue weighted by Crippen LogP contribution is -2.36. The van der Waals surface area contributed by atoms with Crippen molar-refractivity contribution < 1.29 is 9.59 Å². The minimum Gasteiger partial charge on any atom is -0.352 e. The van der Waals surface area contributed by atoms with E-state index in [9.17, 15) is 9.59 Å². The maximum atomic E-state index is 12.3. The molecule has 2 N–H and O–H groups in total. The molecule has 0 aliphatic heterocycles. The van der Waals surface area contributed by atoms with E-state index in [2.05, 4.69) is 10.6 Å². The molecule has 0 fully saturated rings. The first kappa shape index (κ1) is 19.8. The number of nitrogens with one attached hydrogen (secondary N) is 2. The highest BCUT2D eigenvalue weighted by Crippen LogP contribution is 2.16. The number of rotatable bonds is 7. The fraction of sp³-hybridized carbons (Fsp3) is 0.300. The van der Waals surface area contributed by atoms with Crippen LogP contribution in [0.5, 0.6) is 0 Å². The lowest BCUT2D eigenvalue weighted by Gasteiger charge is -2.19. The fourth-order valence-electron chi connectivity index (χ4n) is 2.43. The summed E-state index contributed by atoms with van der Waals surface area (Å²) in [6.07, 6.45) is 0.888. The van der Waals surface area contributed by atoms with E-state index in [1.165, 1.54) is 0 Å². The van der Waals surface area contributed by atoms with Crippen molar-refractivity contribution in [2.75, 3.05) is 13.6 Å². The Morgan fingerprint density at radius 2 is 1.85 bits per heavy atom. The maximum absolute atomic E-state index is 12.3. The van der Waals surface area contributed by atoms with Crippen LogP contribution >= 0.6 is 11.6 Å². The zero-order chi connectivity index (χ0) is 18.9. The molecule has 0 aliphatic carbocycles. The number of carbonyl (C=O) groups is 2. The van der Waals surface area contributed by atoms with Gasteiger partial charge < -0.3 is 15.5 Å². The molecule has 0 bridgehead atoms. The molecule has 5 nitrogen and oxygen atoms in total. The number of amides is 3. The SMILES string of the molecule is CCCNC(=O)c1cccc(CNC(=O)N(C)Cc2ccccc2Cl)c1. The average Bonchev–Trinajstić information content (AvgIpc) is 2.66. The summed E-state index contributed by atoms with van der Waals surface area (Å²) in [5, 5.41) is 6.34. The minimum absolute atomic E-state index is 0.101. The predicted octanol–water partition coefficient (Wildman–Crippen LogP) is 3.82.